The summed E-state index contributed by atoms with van der Waals surface area (Å²) in [6.07, 6.45) is 4.95. The van der Waals surface area contributed by atoms with Gasteiger partial charge in [0.15, 0.2) is 0 Å². The molecule has 0 spiro atoms. The highest BCUT2D eigenvalue weighted by Gasteiger charge is 2.20. The molecule has 1 aliphatic rings. The quantitative estimate of drug-likeness (QED) is 0.760. The van der Waals surface area contributed by atoms with Crippen molar-refractivity contribution in [3.05, 3.63) is 29.8 Å². The van der Waals surface area contributed by atoms with Gasteiger partial charge in [-0.25, -0.2) is 0 Å². The van der Waals surface area contributed by atoms with Gasteiger partial charge in [-0.3, -0.25) is 0 Å². The van der Waals surface area contributed by atoms with Gasteiger partial charge in [0.2, 0.25) is 0 Å². The van der Waals surface area contributed by atoms with Crippen molar-refractivity contribution in [1.29, 1.82) is 0 Å². The highest BCUT2D eigenvalue weighted by molar-refractivity contribution is 5.27. The first-order valence-electron chi connectivity index (χ1n) is 7.23. The molecule has 1 fully saturated rings. The molecule has 0 aromatic heterocycles. The van der Waals surface area contributed by atoms with Crippen molar-refractivity contribution in [3.63, 3.8) is 0 Å². The Kier molecular flexibility index (Phi) is 5.06. The van der Waals surface area contributed by atoms with Crippen LogP contribution in [0.25, 0.3) is 0 Å². The van der Waals surface area contributed by atoms with Gasteiger partial charge in [0.05, 0.1) is 6.61 Å². The molecule has 1 N–H and O–H groups in total. The van der Waals surface area contributed by atoms with Crippen LogP contribution in [0.15, 0.2) is 24.3 Å². The number of ether oxygens (including phenoxy) is 1. The molecule has 2 nitrogen and oxygen atoms in total. The Balaban J connectivity index is 1.73. The molecule has 1 saturated carbocycles. The Morgan fingerprint density at radius 2 is 2.00 bits per heavy atom. The van der Waals surface area contributed by atoms with Crippen LogP contribution in [0.1, 0.15) is 38.7 Å². The lowest BCUT2D eigenvalue weighted by Gasteiger charge is -2.13. The van der Waals surface area contributed by atoms with Crippen molar-refractivity contribution < 1.29 is 4.74 Å². The second kappa shape index (κ2) is 6.79. The van der Waals surface area contributed by atoms with E-state index < -0.39 is 0 Å². The lowest BCUT2D eigenvalue weighted by Crippen LogP contribution is -2.24. The molecule has 1 atom stereocenters. The Labute approximate surface area is 111 Å². The number of nitrogens with one attached hydrogen (secondary N) is 1. The van der Waals surface area contributed by atoms with Gasteiger partial charge >= 0.3 is 0 Å². The third-order valence-corrected chi connectivity index (χ3v) is 3.31. The molecule has 1 unspecified atom stereocenters. The molecule has 18 heavy (non-hydrogen) atoms. The summed E-state index contributed by atoms with van der Waals surface area (Å²) >= 11 is 0. The van der Waals surface area contributed by atoms with E-state index in [-0.39, 0.29) is 0 Å². The maximum absolute atomic E-state index is 5.59. The third-order valence-electron chi connectivity index (χ3n) is 3.31. The van der Waals surface area contributed by atoms with Crippen LogP contribution in [0.4, 0.5) is 0 Å². The highest BCUT2D eigenvalue weighted by atomic mass is 16.5. The molecule has 0 saturated heterocycles. The summed E-state index contributed by atoms with van der Waals surface area (Å²) < 4.78 is 5.59. The fourth-order valence-electron chi connectivity index (χ4n) is 2.07. The Morgan fingerprint density at radius 3 is 2.61 bits per heavy atom. The predicted octanol–water partition coefficient (Wildman–Crippen LogP) is 3.41. The van der Waals surface area contributed by atoms with Crippen LogP contribution < -0.4 is 10.1 Å². The van der Waals surface area contributed by atoms with Crippen LogP contribution in [0.3, 0.4) is 0 Å². The first-order valence-corrected chi connectivity index (χ1v) is 7.23. The number of hydrogen-bond donors (Lipinski definition) is 1. The fourth-order valence-corrected chi connectivity index (χ4v) is 2.07. The maximum Gasteiger partial charge on any atom is 0.119 e. The van der Waals surface area contributed by atoms with Gasteiger partial charge in [-0.1, -0.05) is 26.0 Å². The van der Waals surface area contributed by atoms with Crippen molar-refractivity contribution in [3.8, 4) is 5.75 Å². The van der Waals surface area contributed by atoms with E-state index in [0.29, 0.717) is 5.92 Å². The fraction of sp³-hybridized carbons (Fsp3) is 0.625. The summed E-state index contributed by atoms with van der Waals surface area (Å²) in [6, 6.07) is 9.38. The summed E-state index contributed by atoms with van der Waals surface area (Å²) in [5.41, 5.74) is 1.41. The zero-order valence-corrected chi connectivity index (χ0v) is 11.6. The third kappa shape index (κ3) is 4.69. The summed E-state index contributed by atoms with van der Waals surface area (Å²) in [4.78, 5) is 0. The molecule has 0 radical (unpaired) electrons. The van der Waals surface area contributed by atoms with E-state index in [4.69, 9.17) is 4.74 Å². The lowest BCUT2D eigenvalue weighted by atomic mass is 10.0. The van der Waals surface area contributed by atoms with E-state index in [2.05, 4.69) is 43.4 Å². The second-order valence-corrected chi connectivity index (χ2v) is 5.48. The molecule has 0 heterocycles. The monoisotopic (exact) mass is 247 g/mol. The second-order valence-electron chi connectivity index (χ2n) is 5.48. The topological polar surface area (TPSA) is 21.3 Å². The average molecular weight is 247 g/mol. The largest absolute Gasteiger partial charge is 0.494 e. The molecular formula is C16H25NO. The van der Waals surface area contributed by atoms with Crippen molar-refractivity contribution in [2.75, 3.05) is 13.2 Å². The molecule has 2 rings (SSSR count). The predicted molar refractivity (Wildman–Crippen MR) is 76.1 cm³/mol. The van der Waals surface area contributed by atoms with Crippen LogP contribution in [-0.2, 0) is 6.42 Å². The summed E-state index contributed by atoms with van der Waals surface area (Å²) in [7, 11) is 0. The molecule has 1 aromatic carbocycles. The minimum absolute atomic E-state index is 0.702. The van der Waals surface area contributed by atoms with E-state index in [9.17, 15) is 0 Å². The Hall–Kier alpha value is -1.02. The zero-order chi connectivity index (χ0) is 12.8. The molecule has 1 aliphatic carbocycles. The Bertz CT molecular complexity index is 343. The maximum atomic E-state index is 5.59. The van der Waals surface area contributed by atoms with Crippen LogP contribution >= 0.6 is 0 Å². The normalized spacial score (nSPS) is 16.6. The van der Waals surface area contributed by atoms with Crippen LogP contribution in [0.2, 0.25) is 0 Å². The molecule has 2 heteroatoms. The summed E-state index contributed by atoms with van der Waals surface area (Å²) in [5.74, 6) is 1.69. The van der Waals surface area contributed by atoms with E-state index >= 15 is 0 Å². The number of hydrogen-bond acceptors (Lipinski definition) is 2. The van der Waals surface area contributed by atoms with Gasteiger partial charge in [-0.2, -0.15) is 0 Å². The van der Waals surface area contributed by atoms with Gasteiger partial charge in [0.1, 0.15) is 5.75 Å². The van der Waals surface area contributed by atoms with Gasteiger partial charge in [0, 0.05) is 6.04 Å². The van der Waals surface area contributed by atoms with Gasteiger partial charge in [-0.05, 0) is 55.8 Å². The highest BCUT2D eigenvalue weighted by Crippen LogP contribution is 2.20. The van der Waals surface area contributed by atoms with Crippen molar-refractivity contribution in [1.82, 2.24) is 5.32 Å². The summed E-state index contributed by atoms with van der Waals surface area (Å²) in [6.45, 7) is 6.39. The minimum atomic E-state index is 0.702. The van der Waals surface area contributed by atoms with Gasteiger partial charge in [0.25, 0.3) is 0 Å². The summed E-state index contributed by atoms with van der Waals surface area (Å²) in [5, 5.41) is 3.59. The van der Waals surface area contributed by atoms with E-state index in [1.165, 1.54) is 18.4 Å². The SMILES string of the molecule is CCCOc1ccc(CC(C)CNC2CC2)cc1. The van der Waals surface area contributed by atoms with E-state index in [0.717, 1.165) is 37.8 Å². The van der Waals surface area contributed by atoms with E-state index in [1.807, 2.05) is 0 Å². The van der Waals surface area contributed by atoms with Gasteiger partial charge < -0.3 is 10.1 Å². The lowest BCUT2D eigenvalue weighted by molar-refractivity contribution is 0.317. The standard InChI is InChI=1S/C16H25NO/c1-3-10-18-16-8-4-14(5-9-16)11-13(2)12-17-15-6-7-15/h4-5,8-9,13,15,17H,3,6-7,10-12H2,1-2H3. The average Bonchev–Trinajstić information content (AvgIpc) is 3.20. The van der Waals surface area contributed by atoms with Crippen molar-refractivity contribution in [2.24, 2.45) is 5.92 Å². The van der Waals surface area contributed by atoms with Crippen LogP contribution in [0.5, 0.6) is 5.75 Å². The molecule has 0 bridgehead atoms. The first kappa shape index (κ1) is 13.4. The van der Waals surface area contributed by atoms with E-state index in [1.54, 1.807) is 0 Å². The zero-order valence-electron chi connectivity index (χ0n) is 11.6. The Morgan fingerprint density at radius 1 is 1.28 bits per heavy atom. The number of benzene rings is 1. The molecule has 0 aliphatic heterocycles. The molecule has 1 aromatic rings. The first-order chi connectivity index (χ1) is 8.78. The van der Waals surface area contributed by atoms with Crippen molar-refractivity contribution >= 4 is 0 Å². The van der Waals surface area contributed by atoms with Crippen LogP contribution in [0, 0.1) is 5.92 Å². The minimum Gasteiger partial charge on any atom is -0.494 e. The van der Waals surface area contributed by atoms with Gasteiger partial charge in [-0.15, -0.1) is 0 Å². The molecule has 100 valence electrons. The number of rotatable bonds is 8. The van der Waals surface area contributed by atoms with Crippen molar-refractivity contribution in [2.45, 2.75) is 45.6 Å². The van der Waals surface area contributed by atoms with Crippen LogP contribution in [-0.4, -0.2) is 19.2 Å². The molecular weight excluding hydrogens is 222 g/mol. The molecule has 0 amide bonds. The smallest absolute Gasteiger partial charge is 0.119 e.